The average molecular weight is 224 g/mol. The fourth-order valence-electron chi connectivity index (χ4n) is 3.63. The molecule has 0 radical (unpaired) electrons. The summed E-state index contributed by atoms with van der Waals surface area (Å²) in [5.41, 5.74) is 0.594. The Morgan fingerprint density at radius 2 is 2.31 bits per heavy atom. The summed E-state index contributed by atoms with van der Waals surface area (Å²) in [7, 11) is 0. The lowest BCUT2D eigenvalue weighted by Gasteiger charge is -2.40. The summed E-state index contributed by atoms with van der Waals surface area (Å²) in [6.07, 6.45) is 6.98. The van der Waals surface area contributed by atoms with E-state index in [4.69, 9.17) is 0 Å². The molecular weight excluding hydrogens is 196 g/mol. The minimum absolute atomic E-state index is 0.594. The number of hydrogen-bond acceptors (Lipinski definition) is 2. The number of rotatable bonds is 4. The van der Waals surface area contributed by atoms with Gasteiger partial charge in [-0.15, -0.1) is 0 Å². The first-order valence-electron chi connectivity index (χ1n) is 7.17. The molecule has 2 saturated heterocycles. The summed E-state index contributed by atoms with van der Waals surface area (Å²) in [6.45, 7) is 11.2. The van der Waals surface area contributed by atoms with Gasteiger partial charge in [-0.1, -0.05) is 20.3 Å². The van der Waals surface area contributed by atoms with Gasteiger partial charge in [-0.25, -0.2) is 0 Å². The van der Waals surface area contributed by atoms with Crippen molar-refractivity contribution in [3.63, 3.8) is 0 Å². The third kappa shape index (κ3) is 2.98. The smallest absolute Gasteiger partial charge is 0.00503 e. The maximum absolute atomic E-state index is 3.62. The second-order valence-electron chi connectivity index (χ2n) is 6.16. The van der Waals surface area contributed by atoms with Crippen LogP contribution < -0.4 is 5.32 Å². The van der Waals surface area contributed by atoms with Gasteiger partial charge in [0.1, 0.15) is 0 Å². The lowest BCUT2D eigenvalue weighted by Crippen LogP contribution is -2.47. The molecule has 0 aromatic heterocycles. The van der Waals surface area contributed by atoms with Gasteiger partial charge in [-0.05, 0) is 50.1 Å². The van der Waals surface area contributed by atoms with Gasteiger partial charge in [0.25, 0.3) is 0 Å². The molecule has 94 valence electrons. The van der Waals surface area contributed by atoms with Gasteiger partial charge in [0.15, 0.2) is 0 Å². The predicted octanol–water partition coefficient (Wildman–Crippen LogP) is 2.50. The van der Waals surface area contributed by atoms with E-state index in [1.807, 2.05) is 0 Å². The molecule has 2 aliphatic rings. The fourth-order valence-corrected chi connectivity index (χ4v) is 3.63. The molecule has 0 spiro atoms. The maximum atomic E-state index is 3.62. The molecular formula is C14H28N2. The summed E-state index contributed by atoms with van der Waals surface area (Å²) < 4.78 is 0. The van der Waals surface area contributed by atoms with E-state index in [1.54, 1.807) is 0 Å². The summed E-state index contributed by atoms with van der Waals surface area (Å²) in [5, 5.41) is 3.62. The second kappa shape index (κ2) is 5.50. The van der Waals surface area contributed by atoms with Gasteiger partial charge < -0.3 is 10.2 Å². The van der Waals surface area contributed by atoms with Crippen molar-refractivity contribution in [3.05, 3.63) is 0 Å². The van der Waals surface area contributed by atoms with Crippen LogP contribution in [-0.2, 0) is 0 Å². The zero-order chi connectivity index (χ0) is 11.4. The summed E-state index contributed by atoms with van der Waals surface area (Å²) >= 11 is 0. The van der Waals surface area contributed by atoms with E-state index < -0.39 is 0 Å². The molecule has 0 aromatic rings. The Hall–Kier alpha value is -0.0800. The Morgan fingerprint density at radius 3 is 2.88 bits per heavy atom. The number of nitrogens with zero attached hydrogens (tertiary/aromatic N) is 1. The molecule has 1 N–H and O–H groups in total. The molecule has 2 unspecified atom stereocenters. The normalized spacial score (nSPS) is 36.8. The topological polar surface area (TPSA) is 15.3 Å². The van der Waals surface area contributed by atoms with Crippen LogP contribution in [-0.4, -0.2) is 37.6 Å². The third-order valence-electron chi connectivity index (χ3n) is 4.41. The first-order valence-corrected chi connectivity index (χ1v) is 7.17. The van der Waals surface area contributed by atoms with Crippen LogP contribution in [0.3, 0.4) is 0 Å². The minimum atomic E-state index is 0.594. The van der Waals surface area contributed by atoms with Crippen molar-refractivity contribution >= 4 is 0 Å². The summed E-state index contributed by atoms with van der Waals surface area (Å²) in [4.78, 5) is 2.72. The first kappa shape index (κ1) is 12.4. The second-order valence-corrected chi connectivity index (χ2v) is 6.16. The van der Waals surface area contributed by atoms with Crippen molar-refractivity contribution in [3.8, 4) is 0 Å². The van der Waals surface area contributed by atoms with E-state index in [1.165, 1.54) is 64.8 Å². The Morgan fingerprint density at radius 1 is 1.44 bits per heavy atom. The monoisotopic (exact) mass is 224 g/mol. The van der Waals surface area contributed by atoms with Crippen molar-refractivity contribution in [1.29, 1.82) is 0 Å². The van der Waals surface area contributed by atoms with Crippen LogP contribution >= 0.6 is 0 Å². The van der Waals surface area contributed by atoms with Crippen LogP contribution in [0.5, 0.6) is 0 Å². The maximum Gasteiger partial charge on any atom is 0.00503 e. The molecule has 2 fully saturated rings. The molecule has 0 bridgehead atoms. The Balaban J connectivity index is 1.91. The van der Waals surface area contributed by atoms with Crippen LogP contribution in [0.25, 0.3) is 0 Å². The number of nitrogens with one attached hydrogen (secondary N) is 1. The van der Waals surface area contributed by atoms with E-state index in [0.29, 0.717) is 5.41 Å². The Bertz CT molecular complexity index is 203. The summed E-state index contributed by atoms with van der Waals surface area (Å²) in [6, 6.07) is 0. The third-order valence-corrected chi connectivity index (χ3v) is 4.41. The Kier molecular flexibility index (Phi) is 4.26. The number of piperidine rings is 1. The highest BCUT2D eigenvalue weighted by Crippen LogP contribution is 2.34. The van der Waals surface area contributed by atoms with Gasteiger partial charge in [-0.2, -0.15) is 0 Å². The van der Waals surface area contributed by atoms with Gasteiger partial charge in [0, 0.05) is 19.6 Å². The lowest BCUT2D eigenvalue weighted by atomic mass is 9.76. The highest BCUT2D eigenvalue weighted by Gasteiger charge is 2.34. The van der Waals surface area contributed by atoms with Crippen molar-refractivity contribution < 1.29 is 0 Å². The van der Waals surface area contributed by atoms with Gasteiger partial charge in [-0.3, -0.25) is 0 Å². The molecule has 2 heteroatoms. The zero-order valence-corrected chi connectivity index (χ0v) is 11.1. The molecule has 0 saturated carbocycles. The SMILES string of the molecule is CCCC1(CN2CCC(C)C2)CCCNC1. The largest absolute Gasteiger partial charge is 0.316 e. The van der Waals surface area contributed by atoms with Gasteiger partial charge in [0.05, 0.1) is 0 Å². The van der Waals surface area contributed by atoms with Crippen LogP contribution in [0.2, 0.25) is 0 Å². The highest BCUT2D eigenvalue weighted by atomic mass is 15.2. The van der Waals surface area contributed by atoms with E-state index in [9.17, 15) is 0 Å². The molecule has 2 heterocycles. The van der Waals surface area contributed by atoms with Crippen LogP contribution in [0.4, 0.5) is 0 Å². The zero-order valence-electron chi connectivity index (χ0n) is 11.1. The molecule has 16 heavy (non-hydrogen) atoms. The van der Waals surface area contributed by atoms with Crippen LogP contribution in [0.15, 0.2) is 0 Å². The molecule has 2 atom stereocenters. The molecule has 2 rings (SSSR count). The molecule has 2 aliphatic heterocycles. The van der Waals surface area contributed by atoms with Crippen molar-refractivity contribution in [2.24, 2.45) is 11.3 Å². The molecule has 0 aromatic carbocycles. The van der Waals surface area contributed by atoms with Crippen molar-refractivity contribution in [1.82, 2.24) is 10.2 Å². The number of likely N-dealkylation sites (tertiary alicyclic amines) is 1. The molecule has 0 amide bonds. The van der Waals surface area contributed by atoms with E-state index in [0.717, 1.165) is 5.92 Å². The number of hydrogen-bond donors (Lipinski definition) is 1. The predicted molar refractivity (Wildman–Crippen MR) is 69.7 cm³/mol. The highest BCUT2D eigenvalue weighted by molar-refractivity contribution is 4.89. The van der Waals surface area contributed by atoms with Gasteiger partial charge >= 0.3 is 0 Å². The standard InChI is InChI=1S/C14H28N2/c1-3-6-14(7-4-8-15-11-14)12-16-9-5-13(2)10-16/h13,15H,3-12H2,1-2H3. The lowest BCUT2D eigenvalue weighted by molar-refractivity contribution is 0.119. The fraction of sp³-hybridized carbons (Fsp3) is 1.00. The first-order chi connectivity index (χ1) is 7.74. The minimum Gasteiger partial charge on any atom is -0.316 e. The van der Waals surface area contributed by atoms with Crippen molar-refractivity contribution in [2.75, 3.05) is 32.7 Å². The van der Waals surface area contributed by atoms with Crippen LogP contribution in [0.1, 0.15) is 46.0 Å². The Labute approximate surface area is 101 Å². The molecule has 2 nitrogen and oxygen atoms in total. The van der Waals surface area contributed by atoms with Gasteiger partial charge in [0.2, 0.25) is 0 Å². The quantitative estimate of drug-likeness (QED) is 0.789. The van der Waals surface area contributed by atoms with Crippen LogP contribution in [0, 0.1) is 11.3 Å². The summed E-state index contributed by atoms with van der Waals surface area (Å²) in [5.74, 6) is 0.926. The average Bonchev–Trinajstić information content (AvgIpc) is 2.65. The van der Waals surface area contributed by atoms with E-state index >= 15 is 0 Å². The molecule has 0 aliphatic carbocycles. The van der Waals surface area contributed by atoms with E-state index in [2.05, 4.69) is 24.1 Å². The van der Waals surface area contributed by atoms with E-state index in [-0.39, 0.29) is 0 Å². The van der Waals surface area contributed by atoms with Crippen molar-refractivity contribution in [2.45, 2.75) is 46.0 Å².